The van der Waals surface area contributed by atoms with Gasteiger partial charge in [-0.25, -0.2) is 4.68 Å². The molecule has 4 rings (SSSR count). The second kappa shape index (κ2) is 6.06. The molecule has 4 atom stereocenters. The van der Waals surface area contributed by atoms with E-state index < -0.39 is 0 Å². The fourth-order valence-corrected chi connectivity index (χ4v) is 4.93. The average molecular weight is 319 g/mol. The highest BCUT2D eigenvalue weighted by atomic mass is 16.3. The van der Waals surface area contributed by atoms with Gasteiger partial charge in [-0.2, -0.15) is 10.1 Å². The predicted octanol–water partition coefficient (Wildman–Crippen LogP) is 1.28. The van der Waals surface area contributed by atoms with Crippen LogP contribution in [0.3, 0.4) is 0 Å². The van der Waals surface area contributed by atoms with Crippen molar-refractivity contribution in [2.45, 2.75) is 58.2 Å². The molecule has 128 valence electrons. The van der Waals surface area contributed by atoms with E-state index in [0.29, 0.717) is 17.9 Å². The Morgan fingerprint density at radius 1 is 1.13 bits per heavy atom. The molecule has 1 aromatic heterocycles. The fraction of sp³-hybridized carbons (Fsp3) is 0.882. The number of aliphatic hydroxyl groups excluding tert-OH is 1. The van der Waals surface area contributed by atoms with Gasteiger partial charge < -0.3 is 10.0 Å². The lowest BCUT2D eigenvalue weighted by Gasteiger charge is -2.40. The molecule has 0 amide bonds. The fourth-order valence-electron chi connectivity index (χ4n) is 4.93. The molecule has 2 aliphatic heterocycles. The first-order chi connectivity index (χ1) is 11.2. The molecule has 0 bridgehead atoms. The summed E-state index contributed by atoms with van der Waals surface area (Å²) in [5.41, 5.74) is 0. The maximum Gasteiger partial charge on any atom is 0.224 e. The van der Waals surface area contributed by atoms with E-state index in [1.807, 2.05) is 11.6 Å². The summed E-state index contributed by atoms with van der Waals surface area (Å²) in [7, 11) is 0. The lowest BCUT2D eigenvalue weighted by Crippen LogP contribution is -2.48. The van der Waals surface area contributed by atoms with Crippen molar-refractivity contribution >= 4 is 5.95 Å². The molecule has 0 unspecified atom stereocenters. The smallest absolute Gasteiger partial charge is 0.224 e. The summed E-state index contributed by atoms with van der Waals surface area (Å²) >= 11 is 0. The number of anilines is 1. The third-order valence-corrected chi connectivity index (χ3v) is 6.06. The topological polar surface area (TPSA) is 57.4 Å². The van der Waals surface area contributed by atoms with Crippen LogP contribution < -0.4 is 4.90 Å². The van der Waals surface area contributed by atoms with E-state index in [2.05, 4.69) is 26.8 Å². The molecule has 23 heavy (non-hydrogen) atoms. The Morgan fingerprint density at radius 3 is 2.52 bits per heavy atom. The molecular weight excluding hydrogens is 290 g/mol. The van der Waals surface area contributed by atoms with Crippen LogP contribution in [0.4, 0.5) is 5.95 Å². The van der Waals surface area contributed by atoms with Crippen LogP contribution in [0, 0.1) is 18.8 Å². The summed E-state index contributed by atoms with van der Waals surface area (Å²) in [4.78, 5) is 9.57. The summed E-state index contributed by atoms with van der Waals surface area (Å²) in [5.74, 6) is 3.16. The predicted molar refractivity (Wildman–Crippen MR) is 89.5 cm³/mol. The third-order valence-electron chi connectivity index (χ3n) is 6.06. The van der Waals surface area contributed by atoms with Gasteiger partial charge in [-0.1, -0.05) is 0 Å². The first-order valence-corrected chi connectivity index (χ1v) is 9.24. The molecule has 3 fully saturated rings. The Bertz CT molecular complexity index is 553. The molecule has 1 saturated carbocycles. The van der Waals surface area contributed by atoms with Crippen LogP contribution in [0.1, 0.15) is 38.4 Å². The molecule has 0 radical (unpaired) electrons. The molecular formula is C17H29N5O. The largest absolute Gasteiger partial charge is 0.391 e. The van der Waals surface area contributed by atoms with E-state index in [4.69, 9.17) is 0 Å². The van der Waals surface area contributed by atoms with Gasteiger partial charge in [0, 0.05) is 25.7 Å². The summed E-state index contributed by atoms with van der Waals surface area (Å²) in [6.45, 7) is 9.38. The SMILES string of the molecule is CCn1nc(C)nc1N1C[C@H]2C[C@@H](N3CCCC3)[C@H](O)C[C@H]2C1. The number of fused-ring (bicyclic) bond motifs is 1. The minimum absolute atomic E-state index is 0.153. The number of hydrogen-bond donors (Lipinski definition) is 1. The zero-order valence-corrected chi connectivity index (χ0v) is 14.4. The summed E-state index contributed by atoms with van der Waals surface area (Å²) in [6, 6.07) is 0.379. The molecule has 0 aromatic carbocycles. The van der Waals surface area contributed by atoms with Crippen LogP contribution in [-0.2, 0) is 6.54 Å². The highest BCUT2D eigenvalue weighted by Crippen LogP contribution is 2.40. The Morgan fingerprint density at radius 2 is 1.83 bits per heavy atom. The van der Waals surface area contributed by atoms with Crippen molar-refractivity contribution in [3.05, 3.63) is 5.82 Å². The van der Waals surface area contributed by atoms with Gasteiger partial charge in [0.05, 0.1) is 6.10 Å². The molecule has 2 saturated heterocycles. The van der Waals surface area contributed by atoms with Gasteiger partial charge in [-0.05, 0) is 64.5 Å². The first kappa shape index (κ1) is 15.4. The minimum atomic E-state index is -0.153. The van der Waals surface area contributed by atoms with Gasteiger partial charge in [0.2, 0.25) is 5.95 Å². The Kier molecular flexibility index (Phi) is 4.05. The molecule has 6 nitrogen and oxygen atoms in total. The molecule has 1 N–H and O–H groups in total. The van der Waals surface area contributed by atoms with Crippen LogP contribution in [-0.4, -0.2) is 63.1 Å². The van der Waals surface area contributed by atoms with Crippen molar-refractivity contribution in [2.75, 3.05) is 31.1 Å². The van der Waals surface area contributed by atoms with Crippen molar-refractivity contribution in [3.8, 4) is 0 Å². The number of aryl methyl sites for hydroxylation is 2. The van der Waals surface area contributed by atoms with E-state index in [0.717, 1.165) is 44.2 Å². The third kappa shape index (κ3) is 2.76. The average Bonchev–Trinajstić information content (AvgIpc) is 3.23. The Hall–Kier alpha value is -1.14. The van der Waals surface area contributed by atoms with Crippen molar-refractivity contribution in [2.24, 2.45) is 11.8 Å². The van der Waals surface area contributed by atoms with Crippen LogP contribution in [0.15, 0.2) is 0 Å². The van der Waals surface area contributed by atoms with Gasteiger partial charge >= 0.3 is 0 Å². The van der Waals surface area contributed by atoms with Gasteiger partial charge in [0.15, 0.2) is 0 Å². The van der Waals surface area contributed by atoms with Crippen LogP contribution in [0.25, 0.3) is 0 Å². The normalized spacial score (nSPS) is 35.0. The van der Waals surface area contributed by atoms with Crippen molar-refractivity contribution < 1.29 is 5.11 Å². The van der Waals surface area contributed by atoms with Crippen molar-refractivity contribution in [3.63, 3.8) is 0 Å². The number of aliphatic hydroxyl groups is 1. The molecule has 3 heterocycles. The van der Waals surface area contributed by atoms with E-state index in [9.17, 15) is 5.11 Å². The number of rotatable bonds is 3. The quantitative estimate of drug-likeness (QED) is 0.909. The zero-order chi connectivity index (χ0) is 16.0. The van der Waals surface area contributed by atoms with E-state index >= 15 is 0 Å². The molecule has 0 spiro atoms. The second-order valence-electron chi connectivity index (χ2n) is 7.55. The molecule has 3 aliphatic rings. The van der Waals surface area contributed by atoms with Crippen LogP contribution in [0.5, 0.6) is 0 Å². The lowest BCUT2D eigenvalue weighted by atomic mass is 9.77. The highest BCUT2D eigenvalue weighted by Gasteiger charge is 2.44. The number of hydrogen-bond acceptors (Lipinski definition) is 5. The highest BCUT2D eigenvalue weighted by molar-refractivity contribution is 5.33. The van der Waals surface area contributed by atoms with Gasteiger partial charge in [-0.15, -0.1) is 0 Å². The first-order valence-electron chi connectivity index (χ1n) is 9.24. The van der Waals surface area contributed by atoms with Crippen molar-refractivity contribution in [1.29, 1.82) is 0 Å². The molecule has 1 aliphatic carbocycles. The van der Waals surface area contributed by atoms with Gasteiger partial charge in [0.1, 0.15) is 5.82 Å². The summed E-state index contributed by atoms with van der Waals surface area (Å²) in [6.07, 6.45) is 4.52. The zero-order valence-electron chi connectivity index (χ0n) is 14.4. The van der Waals surface area contributed by atoms with Crippen LogP contribution >= 0.6 is 0 Å². The summed E-state index contributed by atoms with van der Waals surface area (Å²) < 4.78 is 2.01. The maximum atomic E-state index is 10.6. The monoisotopic (exact) mass is 319 g/mol. The number of nitrogens with zero attached hydrogens (tertiary/aromatic N) is 5. The van der Waals surface area contributed by atoms with Crippen LogP contribution in [0.2, 0.25) is 0 Å². The Labute approximate surface area is 138 Å². The summed E-state index contributed by atoms with van der Waals surface area (Å²) in [5, 5.41) is 15.1. The Balaban J connectivity index is 1.48. The number of likely N-dealkylation sites (tertiary alicyclic amines) is 1. The van der Waals surface area contributed by atoms with E-state index in [1.165, 1.54) is 25.9 Å². The van der Waals surface area contributed by atoms with E-state index in [-0.39, 0.29) is 6.10 Å². The maximum absolute atomic E-state index is 10.6. The lowest BCUT2D eigenvalue weighted by molar-refractivity contribution is -0.000854. The second-order valence-corrected chi connectivity index (χ2v) is 7.55. The molecule has 6 heteroatoms. The molecule has 1 aromatic rings. The van der Waals surface area contributed by atoms with E-state index in [1.54, 1.807) is 0 Å². The number of aromatic nitrogens is 3. The van der Waals surface area contributed by atoms with Gasteiger partial charge in [0.25, 0.3) is 0 Å². The minimum Gasteiger partial charge on any atom is -0.391 e. The van der Waals surface area contributed by atoms with Gasteiger partial charge in [-0.3, -0.25) is 4.90 Å². The van der Waals surface area contributed by atoms with Crippen molar-refractivity contribution in [1.82, 2.24) is 19.7 Å². The standard InChI is InChI=1S/C17H29N5O/c1-3-22-17(18-12(2)19-22)21-10-13-8-15(20-6-4-5-7-20)16(23)9-14(13)11-21/h13-16,23H,3-11H2,1-2H3/t13-,14+,15-,16-/m1/s1.